The molecule has 30 heavy (non-hydrogen) atoms. The van der Waals surface area contributed by atoms with Gasteiger partial charge in [0.2, 0.25) is 0 Å². The summed E-state index contributed by atoms with van der Waals surface area (Å²) in [6.45, 7) is 9.56. The molecule has 3 aliphatic rings. The van der Waals surface area contributed by atoms with Crippen LogP contribution in [-0.2, 0) is 19.1 Å². The van der Waals surface area contributed by atoms with Crippen molar-refractivity contribution in [3.05, 3.63) is 47.2 Å². The zero-order valence-electron chi connectivity index (χ0n) is 18.5. The molecule has 2 heterocycles. The standard InChI is InChI=1S/C25H33NO4/c1-15(2)29-12-8-11-26-22(18-9-6-5-7-10-18)21-23(27)19-13-16(3)17(4)14-20(19)30-24(21)25(26)28/h5-7,9-10,15-17,19-20,22H,8,11-14H2,1-4H3. The first-order valence-corrected chi connectivity index (χ1v) is 11.3. The van der Waals surface area contributed by atoms with Crippen LogP contribution >= 0.6 is 0 Å². The molecule has 4 rings (SSSR count). The van der Waals surface area contributed by atoms with Crippen LogP contribution in [0.3, 0.4) is 0 Å². The minimum atomic E-state index is -0.365. The Morgan fingerprint density at radius 3 is 2.50 bits per heavy atom. The van der Waals surface area contributed by atoms with Crippen LogP contribution in [-0.4, -0.2) is 41.9 Å². The Kier molecular flexibility index (Phi) is 6.01. The number of Topliss-reactive ketones (excluding diaryl/α,β-unsaturated/α-hetero) is 1. The molecular weight excluding hydrogens is 378 g/mol. The second kappa shape index (κ2) is 8.54. The van der Waals surface area contributed by atoms with E-state index in [9.17, 15) is 9.59 Å². The summed E-state index contributed by atoms with van der Waals surface area (Å²) in [5.74, 6) is 1.09. The fraction of sp³-hybridized carbons (Fsp3) is 0.600. The topological polar surface area (TPSA) is 55.8 Å². The molecule has 0 saturated heterocycles. The first kappa shape index (κ1) is 21.1. The molecule has 162 valence electrons. The third kappa shape index (κ3) is 3.80. The van der Waals surface area contributed by atoms with Crippen molar-refractivity contribution in [2.45, 2.75) is 65.2 Å². The van der Waals surface area contributed by atoms with Gasteiger partial charge in [-0.25, -0.2) is 0 Å². The number of carbonyl (C=O) groups excluding carboxylic acids is 2. The maximum absolute atomic E-state index is 13.6. The highest BCUT2D eigenvalue weighted by Gasteiger charge is 2.53. The van der Waals surface area contributed by atoms with E-state index in [1.54, 1.807) is 0 Å². The summed E-state index contributed by atoms with van der Waals surface area (Å²) in [4.78, 5) is 28.8. The normalized spacial score (nSPS) is 31.1. The highest BCUT2D eigenvalue weighted by Crippen LogP contribution is 2.48. The van der Waals surface area contributed by atoms with Gasteiger partial charge in [0.25, 0.3) is 5.91 Å². The summed E-state index contributed by atoms with van der Waals surface area (Å²) >= 11 is 0. The average Bonchev–Trinajstić information content (AvgIpc) is 3.00. The molecule has 5 atom stereocenters. The van der Waals surface area contributed by atoms with Gasteiger partial charge in [-0.2, -0.15) is 0 Å². The number of hydrogen-bond donors (Lipinski definition) is 0. The van der Waals surface area contributed by atoms with E-state index in [-0.39, 0.29) is 35.9 Å². The van der Waals surface area contributed by atoms with Gasteiger partial charge in [0.15, 0.2) is 11.5 Å². The maximum atomic E-state index is 13.6. The van der Waals surface area contributed by atoms with Gasteiger partial charge in [-0.15, -0.1) is 0 Å². The molecule has 0 N–H and O–H groups in total. The summed E-state index contributed by atoms with van der Waals surface area (Å²) < 4.78 is 11.9. The van der Waals surface area contributed by atoms with E-state index >= 15 is 0 Å². The van der Waals surface area contributed by atoms with Crippen LogP contribution in [0.2, 0.25) is 0 Å². The Morgan fingerprint density at radius 2 is 1.80 bits per heavy atom. The van der Waals surface area contributed by atoms with Crippen molar-refractivity contribution in [2.24, 2.45) is 17.8 Å². The number of fused-ring (bicyclic) bond motifs is 1. The Bertz CT molecular complexity index is 831. The van der Waals surface area contributed by atoms with E-state index in [1.165, 1.54) is 0 Å². The number of ether oxygens (including phenoxy) is 2. The highest BCUT2D eigenvalue weighted by molar-refractivity contribution is 6.11. The molecule has 5 nitrogen and oxygen atoms in total. The van der Waals surface area contributed by atoms with E-state index in [0.29, 0.717) is 36.3 Å². The van der Waals surface area contributed by atoms with Gasteiger partial charge in [0.1, 0.15) is 6.10 Å². The van der Waals surface area contributed by atoms with Crippen molar-refractivity contribution in [2.75, 3.05) is 13.2 Å². The van der Waals surface area contributed by atoms with Gasteiger partial charge in [0, 0.05) is 13.2 Å². The number of hydrogen-bond acceptors (Lipinski definition) is 4. The largest absolute Gasteiger partial charge is 0.483 e. The van der Waals surface area contributed by atoms with Crippen LogP contribution in [0.15, 0.2) is 41.7 Å². The number of ketones is 1. The van der Waals surface area contributed by atoms with Gasteiger partial charge in [-0.1, -0.05) is 44.2 Å². The molecule has 1 aromatic rings. The minimum Gasteiger partial charge on any atom is -0.483 e. The van der Waals surface area contributed by atoms with E-state index in [0.717, 1.165) is 24.8 Å². The third-order valence-electron chi connectivity index (χ3n) is 6.92. The monoisotopic (exact) mass is 411 g/mol. The van der Waals surface area contributed by atoms with Crippen molar-refractivity contribution in [1.29, 1.82) is 0 Å². The molecule has 1 fully saturated rings. The van der Waals surface area contributed by atoms with Gasteiger partial charge in [-0.05, 0) is 50.5 Å². The second-order valence-corrected chi connectivity index (χ2v) is 9.38. The summed E-state index contributed by atoms with van der Waals surface area (Å²) in [6.07, 6.45) is 2.38. The lowest BCUT2D eigenvalue weighted by Gasteiger charge is -2.40. The fourth-order valence-electron chi connectivity index (χ4n) is 5.07. The summed E-state index contributed by atoms with van der Waals surface area (Å²) in [6, 6.07) is 9.50. The number of carbonyl (C=O) groups is 2. The highest BCUT2D eigenvalue weighted by atomic mass is 16.5. The van der Waals surface area contributed by atoms with Gasteiger partial charge in [-0.3, -0.25) is 9.59 Å². The molecule has 0 radical (unpaired) electrons. The molecule has 5 unspecified atom stereocenters. The molecule has 5 heteroatoms. The van der Waals surface area contributed by atoms with Crippen molar-refractivity contribution in [1.82, 2.24) is 4.90 Å². The van der Waals surface area contributed by atoms with Gasteiger partial charge in [0.05, 0.1) is 23.6 Å². The van der Waals surface area contributed by atoms with Crippen LogP contribution in [0.4, 0.5) is 0 Å². The number of benzene rings is 1. The quantitative estimate of drug-likeness (QED) is 0.656. The van der Waals surface area contributed by atoms with Crippen LogP contribution < -0.4 is 0 Å². The summed E-state index contributed by atoms with van der Waals surface area (Å²) in [5, 5.41) is 0. The summed E-state index contributed by atoms with van der Waals surface area (Å²) in [5.41, 5.74) is 1.53. The van der Waals surface area contributed by atoms with Crippen LogP contribution in [0.5, 0.6) is 0 Å². The zero-order valence-corrected chi connectivity index (χ0v) is 18.5. The molecule has 1 aliphatic carbocycles. The lowest BCUT2D eigenvalue weighted by Crippen LogP contribution is -2.43. The maximum Gasteiger partial charge on any atom is 0.290 e. The third-order valence-corrected chi connectivity index (χ3v) is 6.92. The first-order valence-electron chi connectivity index (χ1n) is 11.3. The number of amides is 1. The van der Waals surface area contributed by atoms with Crippen LogP contribution in [0, 0.1) is 17.8 Å². The number of nitrogens with zero attached hydrogens (tertiary/aromatic N) is 1. The zero-order chi connectivity index (χ0) is 21.4. The molecule has 2 aliphatic heterocycles. The molecule has 0 aromatic heterocycles. The smallest absolute Gasteiger partial charge is 0.290 e. The number of rotatable bonds is 6. The molecule has 0 bridgehead atoms. The van der Waals surface area contributed by atoms with Gasteiger partial charge >= 0.3 is 0 Å². The van der Waals surface area contributed by atoms with Crippen molar-refractivity contribution < 1.29 is 19.1 Å². The van der Waals surface area contributed by atoms with E-state index < -0.39 is 0 Å². The van der Waals surface area contributed by atoms with Crippen LogP contribution in [0.1, 0.15) is 58.6 Å². The Balaban J connectivity index is 1.64. The lowest BCUT2D eigenvalue weighted by molar-refractivity contribution is -0.137. The SMILES string of the molecule is CC(C)OCCCN1C(=O)C2=C(C(=O)C3CC(C)C(C)CC3O2)C1c1ccccc1. The first-order chi connectivity index (χ1) is 14.4. The molecule has 1 amide bonds. The average molecular weight is 412 g/mol. The predicted octanol–water partition coefficient (Wildman–Crippen LogP) is 4.29. The minimum absolute atomic E-state index is 0.114. The lowest BCUT2D eigenvalue weighted by atomic mass is 9.70. The summed E-state index contributed by atoms with van der Waals surface area (Å²) in [7, 11) is 0. The van der Waals surface area contributed by atoms with Gasteiger partial charge < -0.3 is 14.4 Å². The Hall–Kier alpha value is -2.14. The molecular formula is C25H33NO4. The molecule has 1 aromatic carbocycles. The molecule has 0 spiro atoms. The van der Waals surface area contributed by atoms with Crippen molar-refractivity contribution in [3.8, 4) is 0 Å². The van der Waals surface area contributed by atoms with Crippen LogP contribution in [0.25, 0.3) is 0 Å². The van der Waals surface area contributed by atoms with E-state index in [1.807, 2.05) is 49.1 Å². The Labute approximate surface area is 179 Å². The second-order valence-electron chi connectivity index (χ2n) is 9.38. The van der Waals surface area contributed by atoms with E-state index in [4.69, 9.17) is 9.47 Å². The Morgan fingerprint density at radius 1 is 1.10 bits per heavy atom. The van der Waals surface area contributed by atoms with E-state index in [2.05, 4.69) is 13.8 Å². The predicted molar refractivity (Wildman–Crippen MR) is 115 cm³/mol. The van der Waals surface area contributed by atoms with Crippen molar-refractivity contribution >= 4 is 11.7 Å². The fourth-order valence-corrected chi connectivity index (χ4v) is 5.07. The molecule has 1 saturated carbocycles. The van der Waals surface area contributed by atoms with Crippen molar-refractivity contribution in [3.63, 3.8) is 0 Å².